The molecule has 0 aromatic heterocycles. The molecule has 1 aromatic carbocycles. The van der Waals surface area contributed by atoms with Crippen molar-refractivity contribution >= 4 is 5.91 Å². The zero-order chi connectivity index (χ0) is 12.3. The van der Waals surface area contributed by atoms with Crippen LogP contribution in [0.2, 0.25) is 0 Å². The number of amides is 1. The molecular weight excluding hydrogens is 214 g/mol. The van der Waals surface area contributed by atoms with Gasteiger partial charge in [-0.25, -0.2) is 0 Å². The van der Waals surface area contributed by atoms with Crippen LogP contribution in [0, 0.1) is 13.8 Å². The predicted molar refractivity (Wildman–Crippen MR) is 67.2 cm³/mol. The van der Waals surface area contributed by atoms with E-state index in [2.05, 4.69) is 11.4 Å². The van der Waals surface area contributed by atoms with Gasteiger partial charge in [-0.05, 0) is 38.8 Å². The van der Waals surface area contributed by atoms with E-state index in [1.807, 2.05) is 26.0 Å². The van der Waals surface area contributed by atoms with Gasteiger partial charge in [-0.15, -0.1) is 0 Å². The van der Waals surface area contributed by atoms with Crippen LogP contribution in [0.3, 0.4) is 0 Å². The minimum atomic E-state index is -0.00713. The van der Waals surface area contributed by atoms with Crippen LogP contribution in [-0.4, -0.2) is 25.2 Å². The molecule has 0 spiro atoms. The Kier molecular flexibility index (Phi) is 3.79. The summed E-state index contributed by atoms with van der Waals surface area (Å²) >= 11 is 0. The molecule has 1 atom stereocenters. The standard InChI is InChI=1S/C14H19NO2/c1-10-6-11(2)8-12(7-10)14(16)15-9-13-4-3-5-17-13/h6-8,13H,3-5,9H2,1-2H3,(H,15,16)/t13-/m0/s1. The first-order valence-electron chi connectivity index (χ1n) is 6.13. The lowest BCUT2D eigenvalue weighted by Crippen LogP contribution is -2.31. The van der Waals surface area contributed by atoms with E-state index in [0.717, 1.165) is 36.1 Å². The second kappa shape index (κ2) is 5.32. The quantitative estimate of drug-likeness (QED) is 0.869. The highest BCUT2D eigenvalue weighted by molar-refractivity contribution is 5.94. The van der Waals surface area contributed by atoms with Crippen molar-refractivity contribution in [1.29, 1.82) is 0 Å². The lowest BCUT2D eigenvalue weighted by Gasteiger charge is -2.11. The largest absolute Gasteiger partial charge is 0.376 e. The summed E-state index contributed by atoms with van der Waals surface area (Å²) in [5.74, 6) is -0.00713. The minimum Gasteiger partial charge on any atom is -0.376 e. The Labute approximate surface area is 102 Å². The van der Waals surface area contributed by atoms with Gasteiger partial charge < -0.3 is 10.1 Å². The normalized spacial score (nSPS) is 19.3. The number of hydrogen-bond acceptors (Lipinski definition) is 2. The Morgan fingerprint density at radius 1 is 1.35 bits per heavy atom. The first-order chi connectivity index (χ1) is 8.15. The topological polar surface area (TPSA) is 38.3 Å². The SMILES string of the molecule is Cc1cc(C)cc(C(=O)NC[C@@H]2CCCO2)c1. The highest BCUT2D eigenvalue weighted by Crippen LogP contribution is 2.12. The molecule has 92 valence electrons. The van der Waals surface area contributed by atoms with E-state index in [0.29, 0.717) is 6.54 Å². The zero-order valence-corrected chi connectivity index (χ0v) is 10.5. The fourth-order valence-corrected chi connectivity index (χ4v) is 2.22. The van der Waals surface area contributed by atoms with Crippen LogP contribution in [0.1, 0.15) is 34.3 Å². The van der Waals surface area contributed by atoms with Crippen molar-refractivity contribution < 1.29 is 9.53 Å². The Hall–Kier alpha value is -1.35. The van der Waals surface area contributed by atoms with Gasteiger partial charge in [0.05, 0.1) is 6.10 Å². The van der Waals surface area contributed by atoms with Crippen molar-refractivity contribution in [3.8, 4) is 0 Å². The average molecular weight is 233 g/mol. The highest BCUT2D eigenvalue weighted by atomic mass is 16.5. The molecule has 3 heteroatoms. The lowest BCUT2D eigenvalue weighted by molar-refractivity contribution is 0.0857. The molecule has 3 nitrogen and oxygen atoms in total. The van der Waals surface area contributed by atoms with Crippen molar-refractivity contribution in [3.63, 3.8) is 0 Å². The first kappa shape index (κ1) is 12.1. The van der Waals surface area contributed by atoms with Crippen LogP contribution < -0.4 is 5.32 Å². The van der Waals surface area contributed by atoms with E-state index in [4.69, 9.17) is 4.74 Å². The molecule has 0 unspecified atom stereocenters. The third kappa shape index (κ3) is 3.30. The number of aryl methyl sites for hydroxylation is 2. The summed E-state index contributed by atoms with van der Waals surface area (Å²) in [7, 11) is 0. The molecule has 1 saturated heterocycles. The van der Waals surface area contributed by atoms with Gasteiger partial charge in [0.15, 0.2) is 0 Å². The molecule has 0 aliphatic carbocycles. The number of rotatable bonds is 3. The number of nitrogens with one attached hydrogen (secondary N) is 1. The number of benzene rings is 1. The second-order valence-electron chi connectivity index (χ2n) is 4.72. The first-order valence-corrected chi connectivity index (χ1v) is 6.13. The maximum Gasteiger partial charge on any atom is 0.251 e. The fourth-order valence-electron chi connectivity index (χ4n) is 2.22. The van der Waals surface area contributed by atoms with Gasteiger partial charge in [0.25, 0.3) is 5.91 Å². The molecule has 1 fully saturated rings. The summed E-state index contributed by atoms with van der Waals surface area (Å²) < 4.78 is 5.47. The van der Waals surface area contributed by atoms with Crippen LogP contribution in [0.5, 0.6) is 0 Å². The highest BCUT2D eigenvalue weighted by Gasteiger charge is 2.16. The molecule has 0 bridgehead atoms. The molecule has 1 amide bonds. The van der Waals surface area contributed by atoms with E-state index >= 15 is 0 Å². The molecule has 1 aromatic rings. The Balaban J connectivity index is 1.94. The monoisotopic (exact) mass is 233 g/mol. The minimum absolute atomic E-state index is 0.00713. The summed E-state index contributed by atoms with van der Waals surface area (Å²) in [5.41, 5.74) is 2.97. The third-order valence-corrected chi connectivity index (χ3v) is 3.00. The van der Waals surface area contributed by atoms with Crippen LogP contribution in [0.25, 0.3) is 0 Å². The second-order valence-corrected chi connectivity index (χ2v) is 4.72. The Morgan fingerprint density at radius 2 is 2.06 bits per heavy atom. The van der Waals surface area contributed by atoms with Crippen LogP contribution in [0.4, 0.5) is 0 Å². The van der Waals surface area contributed by atoms with Crippen molar-refractivity contribution in [3.05, 3.63) is 34.9 Å². The van der Waals surface area contributed by atoms with E-state index < -0.39 is 0 Å². The van der Waals surface area contributed by atoms with Crippen molar-refractivity contribution in [2.24, 2.45) is 0 Å². The third-order valence-electron chi connectivity index (χ3n) is 3.00. The summed E-state index contributed by atoms with van der Waals surface area (Å²) in [4.78, 5) is 11.9. The van der Waals surface area contributed by atoms with E-state index in [1.54, 1.807) is 0 Å². The van der Waals surface area contributed by atoms with E-state index in [9.17, 15) is 4.79 Å². The number of ether oxygens (including phenoxy) is 1. The van der Waals surface area contributed by atoms with E-state index in [-0.39, 0.29) is 12.0 Å². The van der Waals surface area contributed by atoms with Crippen molar-refractivity contribution in [2.75, 3.05) is 13.2 Å². The van der Waals surface area contributed by atoms with Gasteiger partial charge in [-0.3, -0.25) is 4.79 Å². The molecule has 2 rings (SSSR count). The van der Waals surface area contributed by atoms with Crippen LogP contribution >= 0.6 is 0 Å². The molecular formula is C14H19NO2. The number of hydrogen-bond donors (Lipinski definition) is 1. The molecule has 17 heavy (non-hydrogen) atoms. The predicted octanol–water partition coefficient (Wildman–Crippen LogP) is 2.21. The van der Waals surface area contributed by atoms with Gasteiger partial charge in [0, 0.05) is 18.7 Å². The number of carbonyl (C=O) groups excluding carboxylic acids is 1. The van der Waals surface area contributed by atoms with Crippen LogP contribution in [0.15, 0.2) is 18.2 Å². The van der Waals surface area contributed by atoms with Gasteiger partial charge in [0.2, 0.25) is 0 Å². The lowest BCUT2D eigenvalue weighted by atomic mass is 10.1. The average Bonchev–Trinajstić information content (AvgIpc) is 2.77. The Morgan fingerprint density at radius 3 is 2.65 bits per heavy atom. The zero-order valence-electron chi connectivity index (χ0n) is 10.5. The maximum absolute atomic E-state index is 11.9. The van der Waals surface area contributed by atoms with Gasteiger partial charge in [0.1, 0.15) is 0 Å². The van der Waals surface area contributed by atoms with Crippen molar-refractivity contribution in [2.45, 2.75) is 32.8 Å². The van der Waals surface area contributed by atoms with E-state index in [1.165, 1.54) is 0 Å². The summed E-state index contributed by atoms with van der Waals surface area (Å²) in [6.07, 6.45) is 2.35. The van der Waals surface area contributed by atoms with Gasteiger partial charge in [-0.2, -0.15) is 0 Å². The maximum atomic E-state index is 11.9. The van der Waals surface area contributed by atoms with Gasteiger partial charge >= 0.3 is 0 Å². The Bertz CT molecular complexity index is 388. The summed E-state index contributed by atoms with van der Waals surface area (Å²) in [6, 6.07) is 5.90. The molecule has 1 aliphatic heterocycles. The molecule has 1 N–H and O–H groups in total. The molecule has 0 radical (unpaired) electrons. The fraction of sp³-hybridized carbons (Fsp3) is 0.500. The smallest absolute Gasteiger partial charge is 0.251 e. The van der Waals surface area contributed by atoms with Crippen LogP contribution in [-0.2, 0) is 4.74 Å². The van der Waals surface area contributed by atoms with Gasteiger partial charge in [-0.1, -0.05) is 17.2 Å². The molecule has 1 heterocycles. The molecule has 0 saturated carbocycles. The summed E-state index contributed by atoms with van der Waals surface area (Å²) in [5, 5.41) is 2.93. The number of carbonyl (C=O) groups is 1. The summed E-state index contributed by atoms with van der Waals surface area (Å²) in [6.45, 7) is 5.45. The van der Waals surface area contributed by atoms with Crippen molar-refractivity contribution in [1.82, 2.24) is 5.32 Å². The molecule has 1 aliphatic rings.